The average Bonchev–Trinajstić information content (AvgIpc) is 2.42. The highest BCUT2D eigenvalue weighted by atomic mass is 16.5. The summed E-state index contributed by atoms with van der Waals surface area (Å²) >= 11 is 0. The summed E-state index contributed by atoms with van der Waals surface area (Å²) in [5.41, 5.74) is 1.09. The summed E-state index contributed by atoms with van der Waals surface area (Å²) in [5, 5.41) is 12.3. The van der Waals surface area contributed by atoms with E-state index in [1.807, 2.05) is 38.1 Å². The Balaban J connectivity index is 2.45. The third-order valence-electron chi connectivity index (χ3n) is 3.18. The van der Waals surface area contributed by atoms with E-state index in [1.54, 1.807) is 0 Å². The van der Waals surface area contributed by atoms with Crippen LogP contribution < -0.4 is 10.1 Å². The van der Waals surface area contributed by atoms with Crippen molar-refractivity contribution in [2.75, 3.05) is 13.2 Å². The maximum Gasteiger partial charge on any atom is 0.258 e. The Morgan fingerprint density at radius 1 is 1.25 bits per heavy atom. The van der Waals surface area contributed by atoms with Crippen LogP contribution in [0, 0.1) is 5.92 Å². The standard InChI is InChI=1S/C16H25NO3/c1-11(2)13-7-5-6-8-15(13)20-10-16(19)17-9-14(18)12(3)4/h5-8,11-12,14,18H,9-10H2,1-4H3,(H,17,19). The van der Waals surface area contributed by atoms with Gasteiger partial charge >= 0.3 is 0 Å². The Labute approximate surface area is 121 Å². The summed E-state index contributed by atoms with van der Waals surface area (Å²) < 4.78 is 5.56. The lowest BCUT2D eigenvalue weighted by Crippen LogP contribution is -2.37. The number of benzene rings is 1. The minimum atomic E-state index is -0.526. The summed E-state index contributed by atoms with van der Waals surface area (Å²) in [4.78, 5) is 11.7. The quantitative estimate of drug-likeness (QED) is 0.805. The molecule has 0 saturated carbocycles. The molecule has 1 aromatic carbocycles. The SMILES string of the molecule is CC(C)c1ccccc1OCC(=O)NCC(O)C(C)C. The highest BCUT2D eigenvalue weighted by molar-refractivity contribution is 5.77. The molecule has 1 unspecified atom stereocenters. The molecule has 0 aromatic heterocycles. The van der Waals surface area contributed by atoms with Crippen molar-refractivity contribution in [1.29, 1.82) is 0 Å². The molecule has 112 valence electrons. The van der Waals surface area contributed by atoms with Gasteiger partial charge in [-0.3, -0.25) is 4.79 Å². The zero-order chi connectivity index (χ0) is 15.1. The van der Waals surface area contributed by atoms with Crippen molar-refractivity contribution in [3.05, 3.63) is 29.8 Å². The summed E-state index contributed by atoms with van der Waals surface area (Å²) in [7, 11) is 0. The molecule has 0 fully saturated rings. The second-order valence-corrected chi connectivity index (χ2v) is 5.60. The number of nitrogens with one attached hydrogen (secondary N) is 1. The molecule has 1 aromatic rings. The van der Waals surface area contributed by atoms with Crippen molar-refractivity contribution in [3.8, 4) is 5.75 Å². The smallest absolute Gasteiger partial charge is 0.258 e. The fourth-order valence-electron chi connectivity index (χ4n) is 1.74. The first-order valence-corrected chi connectivity index (χ1v) is 7.08. The van der Waals surface area contributed by atoms with Crippen molar-refractivity contribution in [2.45, 2.75) is 39.7 Å². The summed E-state index contributed by atoms with van der Waals surface area (Å²) in [6.07, 6.45) is -0.526. The number of hydrogen-bond acceptors (Lipinski definition) is 3. The minimum Gasteiger partial charge on any atom is -0.483 e. The summed E-state index contributed by atoms with van der Waals surface area (Å²) in [5.74, 6) is 0.986. The van der Waals surface area contributed by atoms with Gasteiger partial charge in [0, 0.05) is 6.54 Å². The molecule has 0 aliphatic rings. The van der Waals surface area contributed by atoms with E-state index in [4.69, 9.17) is 4.74 Å². The lowest BCUT2D eigenvalue weighted by atomic mass is 10.0. The molecule has 0 heterocycles. The van der Waals surface area contributed by atoms with Crippen LogP contribution in [0.25, 0.3) is 0 Å². The number of carbonyl (C=O) groups excluding carboxylic acids is 1. The van der Waals surface area contributed by atoms with Gasteiger partial charge in [-0.25, -0.2) is 0 Å². The molecule has 4 heteroatoms. The number of amides is 1. The maximum absolute atomic E-state index is 11.7. The Bertz CT molecular complexity index is 429. The van der Waals surface area contributed by atoms with E-state index in [-0.39, 0.29) is 25.0 Å². The number of aliphatic hydroxyl groups excluding tert-OH is 1. The van der Waals surface area contributed by atoms with Crippen LogP contribution in [0.1, 0.15) is 39.2 Å². The van der Waals surface area contributed by atoms with Crippen LogP contribution in [0.4, 0.5) is 0 Å². The molecule has 0 aliphatic carbocycles. The molecule has 0 spiro atoms. The molecule has 4 nitrogen and oxygen atoms in total. The lowest BCUT2D eigenvalue weighted by molar-refractivity contribution is -0.123. The van der Waals surface area contributed by atoms with Gasteiger partial charge in [-0.1, -0.05) is 45.9 Å². The monoisotopic (exact) mass is 279 g/mol. The number of ether oxygens (including phenoxy) is 1. The van der Waals surface area contributed by atoms with Gasteiger partial charge in [-0.15, -0.1) is 0 Å². The Kier molecular flexibility index (Phi) is 6.52. The third kappa shape index (κ3) is 5.21. The van der Waals surface area contributed by atoms with Crippen LogP contribution >= 0.6 is 0 Å². The first-order valence-electron chi connectivity index (χ1n) is 7.08. The van der Waals surface area contributed by atoms with Crippen molar-refractivity contribution in [2.24, 2.45) is 5.92 Å². The molecular weight excluding hydrogens is 254 g/mol. The van der Waals surface area contributed by atoms with E-state index in [0.29, 0.717) is 5.92 Å². The lowest BCUT2D eigenvalue weighted by Gasteiger charge is -2.16. The van der Waals surface area contributed by atoms with Gasteiger partial charge in [-0.05, 0) is 23.5 Å². The fraction of sp³-hybridized carbons (Fsp3) is 0.562. The van der Waals surface area contributed by atoms with Crippen LogP contribution in [0.2, 0.25) is 0 Å². The van der Waals surface area contributed by atoms with Crippen molar-refractivity contribution < 1.29 is 14.6 Å². The zero-order valence-electron chi connectivity index (χ0n) is 12.7. The van der Waals surface area contributed by atoms with Gasteiger partial charge in [0.15, 0.2) is 6.61 Å². The van der Waals surface area contributed by atoms with E-state index >= 15 is 0 Å². The van der Waals surface area contributed by atoms with Gasteiger partial charge in [0.1, 0.15) is 5.75 Å². The van der Waals surface area contributed by atoms with Crippen molar-refractivity contribution in [3.63, 3.8) is 0 Å². The van der Waals surface area contributed by atoms with Crippen LogP contribution in [-0.4, -0.2) is 30.3 Å². The fourth-order valence-corrected chi connectivity index (χ4v) is 1.74. The normalized spacial score (nSPS) is 12.6. The molecule has 20 heavy (non-hydrogen) atoms. The van der Waals surface area contributed by atoms with Crippen LogP contribution in [-0.2, 0) is 4.79 Å². The van der Waals surface area contributed by atoms with E-state index in [9.17, 15) is 9.90 Å². The molecule has 1 atom stereocenters. The maximum atomic E-state index is 11.7. The molecular formula is C16H25NO3. The average molecular weight is 279 g/mol. The Morgan fingerprint density at radius 3 is 2.50 bits per heavy atom. The minimum absolute atomic E-state index is 0.0332. The Hall–Kier alpha value is -1.55. The first kappa shape index (κ1) is 16.5. The van der Waals surface area contributed by atoms with Crippen LogP contribution in [0.3, 0.4) is 0 Å². The number of aliphatic hydroxyl groups is 1. The van der Waals surface area contributed by atoms with Gasteiger partial charge in [0.05, 0.1) is 6.10 Å². The second-order valence-electron chi connectivity index (χ2n) is 5.60. The van der Waals surface area contributed by atoms with Gasteiger partial charge in [0.2, 0.25) is 0 Å². The van der Waals surface area contributed by atoms with Gasteiger partial charge < -0.3 is 15.2 Å². The largest absolute Gasteiger partial charge is 0.483 e. The summed E-state index contributed by atoms with van der Waals surface area (Å²) in [6.45, 7) is 8.21. The van der Waals surface area contributed by atoms with Crippen LogP contribution in [0.5, 0.6) is 5.75 Å². The molecule has 1 rings (SSSR count). The van der Waals surface area contributed by atoms with E-state index in [0.717, 1.165) is 11.3 Å². The van der Waals surface area contributed by atoms with E-state index in [1.165, 1.54) is 0 Å². The van der Waals surface area contributed by atoms with Crippen molar-refractivity contribution >= 4 is 5.91 Å². The second kappa shape index (κ2) is 7.90. The topological polar surface area (TPSA) is 58.6 Å². The summed E-state index contributed by atoms with van der Waals surface area (Å²) in [6, 6.07) is 7.72. The highest BCUT2D eigenvalue weighted by Gasteiger charge is 2.12. The number of carbonyl (C=O) groups is 1. The van der Waals surface area contributed by atoms with E-state index in [2.05, 4.69) is 19.2 Å². The highest BCUT2D eigenvalue weighted by Crippen LogP contribution is 2.25. The zero-order valence-corrected chi connectivity index (χ0v) is 12.7. The number of rotatable bonds is 7. The van der Waals surface area contributed by atoms with Gasteiger partial charge in [-0.2, -0.15) is 0 Å². The molecule has 0 bridgehead atoms. The molecule has 0 aliphatic heterocycles. The number of para-hydroxylation sites is 1. The van der Waals surface area contributed by atoms with E-state index < -0.39 is 6.10 Å². The van der Waals surface area contributed by atoms with Gasteiger partial charge in [0.25, 0.3) is 5.91 Å². The molecule has 0 saturated heterocycles. The molecule has 2 N–H and O–H groups in total. The molecule has 0 radical (unpaired) electrons. The molecule has 1 amide bonds. The first-order chi connectivity index (χ1) is 9.41. The third-order valence-corrected chi connectivity index (χ3v) is 3.18. The number of hydrogen-bond donors (Lipinski definition) is 2. The predicted octanol–water partition coefficient (Wildman–Crippen LogP) is 2.32. The van der Waals surface area contributed by atoms with Crippen LogP contribution in [0.15, 0.2) is 24.3 Å². The predicted molar refractivity (Wildman–Crippen MR) is 79.9 cm³/mol. The Morgan fingerprint density at radius 2 is 1.90 bits per heavy atom. The van der Waals surface area contributed by atoms with Crippen molar-refractivity contribution in [1.82, 2.24) is 5.32 Å².